The van der Waals surface area contributed by atoms with Gasteiger partial charge in [-0.3, -0.25) is 14.4 Å². The molecule has 0 bridgehead atoms. The number of rotatable bonds is 4. The van der Waals surface area contributed by atoms with Crippen LogP contribution >= 0.6 is 0 Å². The highest BCUT2D eigenvalue weighted by atomic mass is 16.2. The zero-order chi connectivity index (χ0) is 18.8. The quantitative estimate of drug-likeness (QED) is 0.814. The smallest absolute Gasteiger partial charge is 0.237 e. The van der Waals surface area contributed by atoms with Gasteiger partial charge in [0.25, 0.3) is 0 Å². The topological polar surface area (TPSA) is 72.1 Å². The summed E-state index contributed by atoms with van der Waals surface area (Å²) in [6, 6.07) is 0. The lowest BCUT2D eigenvalue weighted by molar-refractivity contribution is -0.133. The maximum Gasteiger partial charge on any atom is 0.237 e. The zero-order valence-corrected chi connectivity index (χ0v) is 16.4. The van der Waals surface area contributed by atoms with Crippen LogP contribution in [0, 0.1) is 0 Å². The van der Waals surface area contributed by atoms with Crippen molar-refractivity contribution in [2.24, 2.45) is 7.05 Å². The number of amides is 1. The standard InChI is InChI=1S/C19H29N7O/c1-3-25-14-20-21-19(25)18-15-12-26(11-8-16(15)23(2)22-18)17(27)13-24-9-6-4-5-7-10-24/h14H,3-13H2,1-2H3. The Morgan fingerprint density at radius 1 is 1.15 bits per heavy atom. The van der Waals surface area contributed by atoms with E-state index in [1.165, 1.54) is 31.4 Å². The first kappa shape index (κ1) is 18.2. The van der Waals surface area contributed by atoms with E-state index in [0.717, 1.165) is 49.7 Å². The van der Waals surface area contributed by atoms with Gasteiger partial charge in [-0.15, -0.1) is 10.2 Å². The van der Waals surface area contributed by atoms with Crippen molar-refractivity contribution in [3.63, 3.8) is 0 Å². The van der Waals surface area contributed by atoms with Crippen LogP contribution in [0.3, 0.4) is 0 Å². The summed E-state index contributed by atoms with van der Waals surface area (Å²) < 4.78 is 3.94. The fraction of sp³-hybridized carbons (Fsp3) is 0.684. The molecule has 2 aromatic heterocycles. The Morgan fingerprint density at radius 2 is 1.93 bits per heavy atom. The SMILES string of the molecule is CCn1cnnc1-c1nn(C)c2c1CN(C(=O)CN1CCCCCC1)CC2. The van der Waals surface area contributed by atoms with Crippen molar-refractivity contribution in [2.75, 3.05) is 26.2 Å². The van der Waals surface area contributed by atoms with Crippen LogP contribution in [0.2, 0.25) is 0 Å². The fourth-order valence-electron chi connectivity index (χ4n) is 4.24. The van der Waals surface area contributed by atoms with Gasteiger partial charge in [0.2, 0.25) is 5.91 Å². The third-order valence-electron chi connectivity index (χ3n) is 5.82. The molecule has 2 aliphatic heterocycles. The Bertz CT molecular complexity index is 801. The van der Waals surface area contributed by atoms with Gasteiger partial charge >= 0.3 is 0 Å². The Labute approximate surface area is 160 Å². The van der Waals surface area contributed by atoms with Crippen LogP contribution in [-0.2, 0) is 31.4 Å². The molecule has 2 aliphatic rings. The zero-order valence-electron chi connectivity index (χ0n) is 16.4. The number of aryl methyl sites for hydroxylation is 2. The first-order valence-corrected chi connectivity index (χ1v) is 10.1. The number of carbonyl (C=O) groups excluding carboxylic acids is 1. The van der Waals surface area contributed by atoms with Gasteiger partial charge in [0, 0.05) is 44.4 Å². The van der Waals surface area contributed by atoms with Gasteiger partial charge < -0.3 is 9.47 Å². The van der Waals surface area contributed by atoms with E-state index in [9.17, 15) is 4.79 Å². The number of carbonyl (C=O) groups is 1. The molecule has 1 saturated heterocycles. The van der Waals surface area contributed by atoms with Crippen molar-refractivity contribution in [3.8, 4) is 11.5 Å². The summed E-state index contributed by atoms with van der Waals surface area (Å²) in [5.74, 6) is 1.02. The van der Waals surface area contributed by atoms with E-state index in [1.807, 2.05) is 21.2 Å². The number of likely N-dealkylation sites (tertiary alicyclic amines) is 1. The minimum absolute atomic E-state index is 0.231. The van der Waals surface area contributed by atoms with E-state index in [4.69, 9.17) is 5.10 Å². The number of hydrogen-bond acceptors (Lipinski definition) is 5. The van der Waals surface area contributed by atoms with Gasteiger partial charge in [-0.2, -0.15) is 5.10 Å². The normalized spacial score (nSPS) is 18.4. The van der Waals surface area contributed by atoms with Crippen molar-refractivity contribution in [1.82, 2.24) is 34.3 Å². The lowest BCUT2D eigenvalue weighted by atomic mass is 10.0. The van der Waals surface area contributed by atoms with E-state index in [-0.39, 0.29) is 5.91 Å². The van der Waals surface area contributed by atoms with Gasteiger partial charge in [0.15, 0.2) is 5.82 Å². The average Bonchev–Trinajstić information content (AvgIpc) is 3.18. The van der Waals surface area contributed by atoms with E-state index < -0.39 is 0 Å². The highest BCUT2D eigenvalue weighted by Gasteiger charge is 2.29. The third-order valence-corrected chi connectivity index (χ3v) is 5.82. The van der Waals surface area contributed by atoms with Crippen LogP contribution in [-0.4, -0.2) is 66.4 Å². The predicted molar refractivity (Wildman–Crippen MR) is 102 cm³/mol. The van der Waals surface area contributed by atoms with Crippen LogP contribution < -0.4 is 0 Å². The molecule has 2 aromatic rings. The maximum atomic E-state index is 12.9. The van der Waals surface area contributed by atoms with E-state index in [1.54, 1.807) is 6.33 Å². The summed E-state index contributed by atoms with van der Waals surface area (Å²) in [6.45, 7) is 6.87. The molecular formula is C19H29N7O. The summed E-state index contributed by atoms with van der Waals surface area (Å²) >= 11 is 0. The van der Waals surface area contributed by atoms with Crippen molar-refractivity contribution >= 4 is 5.91 Å². The van der Waals surface area contributed by atoms with Gasteiger partial charge in [-0.05, 0) is 32.9 Å². The summed E-state index contributed by atoms with van der Waals surface area (Å²) in [5, 5.41) is 13.0. The molecule has 4 rings (SSSR count). The molecule has 8 nitrogen and oxygen atoms in total. The van der Waals surface area contributed by atoms with Crippen molar-refractivity contribution in [1.29, 1.82) is 0 Å². The van der Waals surface area contributed by atoms with E-state index in [0.29, 0.717) is 13.1 Å². The third kappa shape index (κ3) is 3.63. The lowest BCUT2D eigenvalue weighted by Crippen LogP contribution is -2.43. The van der Waals surface area contributed by atoms with Crippen LogP contribution in [0.5, 0.6) is 0 Å². The molecule has 1 fully saturated rings. The van der Waals surface area contributed by atoms with Gasteiger partial charge in [0.1, 0.15) is 12.0 Å². The molecule has 0 unspecified atom stereocenters. The molecule has 27 heavy (non-hydrogen) atoms. The second-order valence-electron chi connectivity index (χ2n) is 7.59. The average molecular weight is 371 g/mol. The van der Waals surface area contributed by atoms with Crippen LogP contribution in [0.4, 0.5) is 0 Å². The highest BCUT2D eigenvalue weighted by Crippen LogP contribution is 2.28. The largest absolute Gasteiger partial charge is 0.337 e. The molecule has 0 aromatic carbocycles. The Hall–Kier alpha value is -2.22. The fourth-order valence-corrected chi connectivity index (χ4v) is 4.24. The van der Waals surface area contributed by atoms with Crippen molar-refractivity contribution in [2.45, 2.75) is 52.1 Å². The van der Waals surface area contributed by atoms with E-state index in [2.05, 4.69) is 22.0 Å². The molecule has 0 radical (unpaired) electrons. The minimum atomic E-state index is 0.231. The molecular weight excluding hydrogens is 342 g/mol. The molecule has 1 amide bonds. The maximum absolute atomic E-state index is 12.9. The van der Waals surface area contributed by atoms with E-state index >= 15 is 0 Å². The van der Waals surface area contributed by atoms with Crippen LogP contribution in [0.1, 0.15) is 43.9 Å². The first-order chi connectivity index (χ1) is 13.2. The number of fused-ring (bicyclic) bond motifs is 1. The highest BCUT2D eigenvalue weighted by molar-refractivity contribution is 5.79. The first-order valence-electron chi connectivity index (χ1n) is 10.1. The predicted octanol–water partition coefficient (Wildman–Crippen LogP) is 1.46. The van der Waals surface area contributed by atoms with Gasteiger partial charge in [-0.1, -0.05) is 12.8 Å². The van der Waals surface area contributed by atoms with Crippen LogP contribution in [0.25, 0.3) is 11.5 Å². The number of hydrogen-bond donors (Lipinski definition) is 0. The molecule has 0 saturated carbocycles. The van der Waals surface area contributed by atoms with Crippen LogP contribution in [0.15, 0.2) is 6.33 Å². The van der Waals surface area contributed by atoms with Crippen molar-refractivity contribution < 1.29 is 4.79 Å². The van der Waals surface area contributed by atoms with Gasteiger partial charge in [0.05, 0.1) is 6.54 Å². The Balaban J connectivity index is 1.53. The molecule has 146 valence electrons. The summed E-state index contributed by atoms with van der Waals surface area (Å²) in [6.07, 6.45) is 7.56. The molecule has 8 heteroatoms. The molecule has 0 spiro atoms. The lowest BCUT2D eigenvalue weighted by Gasteiger charge is -2.30. The summed E-state index contributed by atoms with van der Waals surface area (Å²) in [7, 11) is 1.98. The molecule has 0 N–H and O–H groups in total. The number of nitrogens with zero attached hydrogens (tertiary/aromatic N) is 7. The second kappa shape index (κ2) is 7.80. The Kier molecular flexibility index (Phi) is 5.24. The summed E-state index contributed by atoms with van der Waals surface area (Å²) in [4.78, 5) is 17.3. The minimum Gasteiger partial charge on any atom is -0.337 e. The summed E-state index contributed by atoms with van der Waals surface area (Å²) in [5.41, 5.74) is 3.18. The molecule has 4 heterocycles. The van der Waals surface area contributed by atoms with Crippen molar-refractivity contribution in [3.05, 3.63) is 17.6 Å². The Morgan fingerprint density at radius 3 is 2.67 bits per heavy atom. The second-order valence-corrected chi connectivity index (χ2v) is 7.59. The monoisotopic (exact) mass is 371 g/mol. The molecule has 0 atom stereocenters. The molecule has 0 aliphatic carbocycles. The van der Waals surface area contributed by atoms with Gasteiger partial charge in [-0.25, -0.2) is 0 Å². The number of aromatic nitrogens is 5.